The quantitative estimate of drug-likeness (QED) is 0.649. The minimum Gasteiger partial charge on any atom is -0.356 e. The number of aromatic nitrogens is 3. The Labute approximate surface area is 146 Å². The van der Waals surface area contributed by atoms with E-state index in [-0.39, 0.29) is 17.9 Å². The molecule has 0 aliphatic heterocycles. The van der Waals surface area contributed by atoms with E-state index < -0.39 is 0 Å². The van der Waals surface area contributed by atoms with Gasteiger partial charge in [0.15, 0.2) is 0 Å². The molecule has 1 aromatic carbocycles. The number of aromatic amines is 1. The predicted octanol–water partition coefficient (Wildman–Crippen LogP) is 2.88. The minimum atomic E-state index is -0.141. The van der Waals surface area contributed by atoms with Gasteiger partial charge >= 0.3 is 0 Å². The topological polar surface area (TPSA) is 79.8 Å². The molecule has 3 rings (SSSR count). The van der Waals surface area contributed by atoms with Gasteiger partial charge in [-0.1, -0.05) is 31.4 Å². The lowest BCUT2D eigenvalue weighted by atomic mass is 10.2. The highest BCUT2D eigenvalue weighted by Gasteiger charge is 2.11. The van der Waals surface area contributed by atoms with E-state index in [4.69, 9.17) is 0 Å². The zero-order valence-electron chi connectivity index (χ0n) is 14.8. The predicted molar refractivity (Wildman–Crippen MR) is 99.7 cm³/mol. The summed E-state index contributed by atoms with van der Waals surface area (Å²) in [7, 11) is 0. The molecule has 0 aliphatic carbocycles. The highest BCUT2D eigenvalue weighted by Crippen LogP contribution is 2.22. The first-order chi connectivity index (χ1) is 12.1. The molecule has 2 heterocycles. The zero-order valence-corrected chi connectivity index (χ0v) is 14.8. The first-order valence-corrected chi connectivity index (χ1v) is 8.84. The van der Waals surface area contributed by atoms with Crippen LogP contribution in [0, 0.1) is 6.92 Å². The highest BCUT2D eigenvalue weighted by molar-refractivity contribution is 6.04. The number of benzene rings is 1. The van der Waals surface area contributed by atoms with Crippen LogP contribution in [0.5, 0.6) is 0 Å². The molecule has 6 nitrogen and oxygen atoms in total. The standard InChI is InChI=1S/C19H24N4O2/c1-3-4-5-9-20-16(24)8-10-23-12-21-17-14-11-13(2)6-7-15(14)22-18(17)19(23)25/h6-7,11-12,22H,3-5,8-10H2,1-2H3,(H,20,24). The fourth-order valence-electron chi connectivity index (χ4n) is 2.98. The molecule has 0 atom stereocenters. The number of unbranched alkanes of at least 4 members (excludes halogenated alkanes) is 2. The maximum Gasteiger partial charge on any atom is 0.277 e. The first-order valence-electron chi connectivity index (χ1n) is 8.84. The summed E-state index contributed by atoms with van der Waals surface area (Å²) in [5.41, 5.74) is 3.06. The summed E-state index contributed by atoms with van der Waals surface area (Å²) in [6, 6.07) is 5.98. The second-order valence-electron chi connectivity index (χ2n) is 6.45. The van der Waals surface area contributed by atoms with Gasteiger partial charge in [0, 0.05) is 30.4 Å². The summed E-state index contributed by atoms with van der Waals surface area (Å²) in [5, 5.41) is 3.84. The molecule has 25 heavy (non-hydrogen) atoms. The average Bonchev–Trinajstić information content (AvgIpc) is 2.97. The van der Waals surface area contributed by atoms with Crippen molar-refractivity contribution in [3.8, 4) is 0 Å². The highest BCUT2D eigenvalue weighted by atomic mass is 16.1. The van der Waals surface area contributed by atoms with E-state index >= 15 is 0 Å². The van der Waals surface area contributed by atoms with E-state index in [0.717, 1.165) is 35.7 Å². The summed E-state index contributed by atoms with van der Waals surface area (Å²) in [4.78, 5) is 32.1. The van der Waals surface area contributed by atoms with Crippen molar-refractivity contribution in [1.82, 2.24) is 19.9 Å². The van der Waals surface area contributed by atoms with Crippen LogP contribution in [0.3, 0.4) is 0 Å². The van der Waals surface area contributed by atoms with Crippen molar-refractivity contribution >= 4 is 27.8 Å². The number of hydrogen-bond acceptors (Lipinski definition) is 3. The summed E-state index contributed by atoms with van der Waals surface area (Å²) in [6.45, 7) is 5.16. The lowest BCUT2D eigenvalue weighted by molar-refractivity contribution is -0.121. The van der Waals surface area contributed by atoms with E-state index in [0.29, 0.717) is 24.1 Å². The number of carbonyl (C=O) groups is 1. The second-order valence-corrected chi connectivity index (χ2v) is 6.45. The molecule has 2 aromatic heterocycles. The third kappa shape index (κ3) is 3.73. The van der Waals surface area contributed by atoms with Crippen LogP contribution >= 0.6 is 0 Å². The summed E-state index contributed by atoms with van der Waals surface area (Å²) in [6.07, 6.45) is 5.04. The number of rotatable bonds is 7. The van der Waals surface area contributed by atoms with Crippen molar-refractivity contribution in [3.05, 3.63) is 40.4 Å². The average molecular weight is 340 g/mol. The van der Waals surface area contributed by atoms with Crippen molar-refractivity contribution in [3.63, 3.8) is 0 Å². The van der Waals surface area contributed by atoms with Crippen LogP contribution < -0.4 is 10.9 Å². The molecule has 0 spiro atoms. The Balaban J connectivity index is 1.75. The maximum atomic E-state index is 12.7. The van der Waals surface area contributed by atoms with E-state index in [1.807, 2.05) is 25.1 Å². The van der Waals surface area contributed by atoms with E-state index in [1.54, 1.807) is 0 Å². The number of fused-ring (bicyclic) bond motifs is 3. The first kappa shape index (κ1) is 17.2. The van der Waals surface area contributed by atoms with Gasteiger partial charge in [-0.2, -0.15) is 0 Å². The molecule has 0 fully saturated rings. The largest absolute Gasteiger partial charge is 0.356 e. The Morgan fingerprint density at radius 2 is 2.16 bits per heavy atom. The molecule has 0 radical (unpaired) electrons. The summed E-state index contributed by atoms with van der Waals surface area (Å²) < 4.78 is 1.50. The Bertz CT molecular complexity index is 955. The number of aryl methyl sites for hydroxylation is 2. The van der Waals surface area contributed by atoms with E-state index in [1.165, 1.54) is 10.9 Å². The zero-order chi connectivity index (χ0) is 17.8. The van der Waals surface area contributed by atoms with Crippen molar-refractivity contribution < 1.29 is 4.79 Å². The van der Waals surface area contributed by atoms with Crippen molar-refractivity contribution in [2.24, 2.45) is 0 Å². The van der Waals surface area contributed by atoms with Gasteiger partial charge in [0.1, 0.15) is 11.0 Å². The fraction of sp³-hybridized carbons (Fsp3) is 0.421. The van der Waals surface area contributed by atoms with E-state index in [9.17, 15) is 9.59 Å². The number of hydrogen-bond donors (Lipinski definition) is 2. The van der Waals surface area contributed by atoms with Gasteiger partial charge in [0.05, 0.1) is 6.33 Å². The normalized spacial score (nSPS) is 11.3. The number of amides is 1. The van der Waals surface area contributed by atoms with E-state index in [2.05, 4.69) is 22.2 Å². The fourth-order valence-corrected chi connectivity index (χ4v) is 2.98. The van der Waals surface area contributed by atoms with Crippen LogP contribution in [0.4, 0.5) is 0 Å². The van der Waals surface area contributed by atoms with Crippen LogP contribution in [-0.4, -0.2) is 27.0 Å². The third-order valence-electron chi connectivity index (χ3n) is 4.41. The van der Waals surface area contributed by atoms with Crippen LogP contribution in [0.25, 0.3) is 21.9 Å². The molecule has 0 saturated heterocycles. The molecule has 0 aliphatic rings. The van der Waals surface area contributed by atoms with Gasteiger partial charge in [-0.05, 0) is 25.5 Å². The van der Waals surface area contributed by atoms with Crippen LogP contribution in [0.1, 0.15) is 38.2 Å². The Morgan fingerprint density at radius 1 is 1.32 bits per heavy atom. The molecule has 1 amide bonds. The molecule has 2 N–H and O–H groups in total. The van der Waals surface area contributed by atoms with Crippen LogP contribution in [-0.2, 0) is 11.3 Å². The maximum absolute atomic E-state index is 12.7. The van der Waals surface area contributed by atoms with Gasteiger partial charge < -0.3 is 10.3 Å². The van der Waals surface area contributed by atoms with Gasteiger partial charge in [0.2, 0.25) is 5.91 Å². The third-order valence-corrected chi connectivity index (χ3v) is 4.41. The molecular weight excluding hydrogens is 316 g/mol. The van der Waals surface area contributed by atoms with Crippen molar-refractivity contribution in [2.75, 3.05) is 6.54 Å². The number of carbonyl (C=O) groups excluding carboxylic acids is 1. The van der Waals surface area contributed by atoms with Crippen molar-refractivity contribution in [1.29, 1.82) is 0 Å². The summed E-state index contributed by atoms with van der Waals surface area (Å²) >= 11 is 0. The monoisotopic (exact) mass is 340 g/mol. The molecule has 3 aromatic rings. The van der Waals surface area contributed by atoms with Gasteiger partial charge in [-0.25, -0.2) is 4.98 Å². The summed E-state index contributed by atoms with van der Waals surface area (Å²) in [5.74, 6) is -0.0321. The molecule has 0 saturated carbocycles. The lowest BCUT2D eigenvalue weighted by Crippen LogP contribution is -2.28. The van der Waals surface area contributed by atoms with Gasteiger partial charge in [0.25, 0.3) is 5.56 Å². The Morgan fingerprint density at radius 3 is 2.96 bits per heavy atom. The van der Waals surface area contributed by atoms with Gasteiger partial charge in [-0.3, -0.25) is 14.2 Å². The second kappa shape index (κ2) is 7.51. The van der Waals surface area contributed by atoms with Crippen molar-refractivity contribution in [2.45, 2.75) is 46.1 Å². The Hall–Kier alpha value is -2.63. The molecule has 0 unspecified atom stereocenters. The van der Waals surface area contributed by atoms with Crippen LogP contribution in [0.2, 0.25) is 0 Å². The molecule has 0 bridgehead atoms. The Kier molecular flexibility index (Phi) is 5.16. The minimum absolute atomic E-state index is 0.0321. The number of H-pyrrole nitrogens is 1. The lowest BCUT2D eigenvalue weighted by Gasteiger charge is -2.06. The van der Waals surface area contributed by atoms with Crippen LogP contribution in [0.15, 0.2) is 29.3 Å². The number of nitrogens with zero attached hydrogens (tertiary/aromatic N) is 2. The smallest absolute Gasteiger partial charge is 0.277 e. The van der Waals surface area contributed by atoms with Gasteiger partial charge in [-0.15, -0.1) is 0 Å². The number of nitrogens with one attached hydrogen (secondary N) is 2. The molecular formula is C19H24N4O2. The molecule has 132 valence electrons. The molecule has 6 heteroatoms. The SMILES string of the molecule is CCCCCNC(=O)CCn1cnc2c([nH]c3ccc(C)cc32)c1=O.